The third kappa shape index (κ3) is 3.66. The van der Waals surface area contributed by atoms with E-state index in [1.807, 2.05) is 0 Å². The van der Waals surface area contributed by atoms with Crippen molar-refractivity contribution in [3.63, 3.8) is 0 Å². The maximum atomic E-state index is 12.3. The molecule has 0 atom stereocenters. The first kappa shape index (κ1) is 17.1. The van der Waals surface area contributed by atoms with E-state index in [1.165, 1.54) is 4.90 Å². The van der Waals surface area contributed by atoms with Gasteiger partial charge in [-0.1, -0.05) is 39.1 Å². The highest BCUT2D eigenvalue weighted by atomic mass is 79.9. The summed E-state index contributed by atoms with van der Waals surface area (Å²) in [5, 5.41) is 3.48. The predicted molar refractivity (Wildman–Crippen MR) is 97.1 cm³/mol. The molecule has 0 bridgehead atoms. The Morgan fingerprint density at radius 2 is 2.04 bits per heavy atom. The third-order valence-electron chi connectivity index (χ3n) is 3.37. The van der Waals surface area contributed by atoms with Gasteiger partial charge in [0, 0.05) is 9.50 Å². The van der Waals surface area contributed by atoms with Crippen molar-refractivity contribution in [2.45, 2.75) is 0 Å². The van der Waals surface area contributed by atoms with Crippen LogP contribution in [0.2, 0.25) is 10.0 Å². The van der Waals surface area contributed by atoms with Gasteiger partial charge >= 0.3 is 0 Å². The largest absolute Gasteiger partial charge is 0.482 e. The Morgan fingerprint density at radius 3 is 2.83 bits per heavy atom. The van der Waals surface area contributed by atoms with Gasteiger partial charge in [-0.3, -0.25) is 14.5 Å². The van der Waals surface area contributed by atoms with Crippen LogP contribution in [-0.2, 0) is 9.59 Å². The summed E-state index contributed by atoms with van der Waals surface area (Å²) >= 11 is 15.3. The molecule has 1 aliphatic heterocycles. The Balaban J connectivity index is 1.79. The molecule has 0 saturated carbocycles. The molecule has 2 aromatic carbocycles. The highest BCUT2D eigenvalue weighted by Crippen LogP contribution is 2.34. The van der Waals surface area contributed by atoms with E-state index in [1.54, 1.807) is 36.4 Å². The topological polar surface area (TPSA) is 58.6 Å². The number of hydrogen-bond acceptors (Lipinski definition) is 3. The lowest BCUT2D eigenvalue weighted by atomic mass is 10.2. The lowest BCUT2D eigenvalue weighted by molar-refractivity contribution is -0.123. The van der Waals surface area contributed by atoms with E-state index in [4.69, 9.17) is 27.9 Å². The summed E-state index contributed by atoms with van der Waals surface area (Å²) < 4.78 is 6.21. The molecule has 124 valence electrons. The molecular weight excluding hydrogens is 419 g/mol. The van der Waals surface area contributed by atoms with Crippen molar-refractivity contribution in [1.82, 2.24) is 0 Å². The minimum Gasteiger partial charge on any atom is -0.482 e. The molecule has 1 heterocycles. The minimum atomic E-state index is -0.386. The summed E-state index contributed by atoms with van der Waals surface area (Å²) in [6.07, 6.45) is 0. The fourth-order valence-electron chi connectivity index (χ4n) is 2.28. The zero-order chi connectivity index (χ0) is 17.3. The van der Waals surface area contributed by atoms with Crippen LogP contribution < -0.4 is 15.0 Å². The number of rotatable bonds is 3. The molecule has 5 nitrogen and oxygen atoms in total. The molecule has 0 aliphatic carbocycles. The first-order chi connectivity index (χ1) is 11.4. The molecule has 1 aliphatic rings. The molecule has 2 aromatic rings. The number of nitrogens with one attached hydrogen (secondary N) is 1. The second-order valence-corrected chi connectivity index (χ2v) is 6.81. The number of ether oxygens (including phenoxy) is 1. The molecule has 0 fully saturated rings. The van der Waals surface area contributed by atoms with Gasteiger partial charge in [-0.05, 0) is 36.4 Å². The van der Waals surface area contributed by atoms with Gasteiger partial charge in [0.25, 0.3) is 5.91 Å². The zero-order valence-electron chi connectivity index (χ0n) is 12.2. The number of carbonyl (C=O) groups is 2. The van der Waals surface area contributed by atoms with Crippen molar-refractivity contribution in [1.29, 1.82) is 0 Å². The number of halogens is 3. The molecule has 0 spiro atoms. The van der Waals surface area contributed by atoms with Gasteiger partial charge in [-0.15, -0.1) is 0 Å². The normalized spacial score (nSPS) is 13.3. The van der Waals surface area contributed by atoms with Crippen LogP contribution in [0.4, 0.5) is 11.4 Å². The van der Waals surface area contributed by atoms with Gasteiger partial charge in [0.05, 0.1) is 16.4 Å². The van der Waals surface area contributed by atoms with Crippen LogP contribution in [-0.4, -0.2) is 25.0 Å². The van der Waals surface area contributed by atoms with Crippen molar-refractivity contribution in [2.24, 2.45) is 0 Å². The van der Waals surface area contributed by atoms with Crippen LogP contribution >= 0.6 is 39.1 Å². The Morgan fingerprint density at radius 1 is 1.25 bits per heavy atom. The molecule has 2 amide bonds. The van der Waals surface area contributed by atoms with E-state index >= 15 is 0 Å². The lowest BCUT2D eigenvalue weighted by Crippen LogP contribution is -2.43. The van der Waals surface area contributed by atoms with E-state index in [0.29, 0.717) is 27.2 Å². The standard InChI is InChI=1S/C16H11BrCl2N2O3/c17-9-1-4-13-14(5-9)24-8-16(23)21(13)7-15(22)20-12-6-10(18)2-3-11(12)19/h1-6H,7-8H2,(H,20,22). The molecule has 0 radical (unpaired) electrons. The van der Waals surface area contributed by atoms with Crippen molar-refractivity contribution in [3.05, 3.63) is 50.9 Å². The van der Waals surface area contributed by atoms with Gasteiger partial charge < -0.3 is 10.1 Å². The number of amides is 2. The molecule has 0 saturated heterocycles. The van der Waals surface area contributed by atoms with Crippen LogP contribution in [0.25, 0.3) is 0 Å². The molecule has 0 aromatic heterocycles. The van der Waals surface area contributed by atoms with Gasteiger partial charge in [-0.25, -0.2) is 0 Å². The lowest BCUT2D eigenvalue weighted by Gasteiger charge is -2.29. The summed E-state index contributed by atoms with van der Waals surface area (Å²) in [7, 11) is 0. The maximum Gasteiger partial charge on any atom is 0.265 e. The van der Waals surface area contributed by atoms with Crippen molar-refractivity contribution in [3.8, 4) is 5.75 Å². The van der Waals surface area contributed by atoms with E-state index in [-0.39, 0.29) is 25.0 Å². The molecule has 1 N–H and O–H groups in total. The number of fused-ring (bicyclic) bond motifs is 1. The Labute approximate surface area is 156 Å². The fourth-order valence-corrected chi connectivity index (χ4v) is 2.96. The van der Waals surface area contributed by atoms with Crippen LogP contribution in [0.15, 0.2) is 40.9 Å². The summed E-state index contributed by atoms with van der Waals surface area (Å²) in [6.45, 7) is -0.270. The Bertz CT molecular complexity index is 829. The summed E-state index contributed by atoms with van der Waals surface area (Å²) in [6, 6.07) is 10.0. The van der Waals surface area contributed by atoms with Gasteiger partial charge in [0.15, 0.2) is 6.61 Å². The second kappa shape index (κ2) is 7.01. The molecule has 3 rings (SSSR count). The summed E-state index contributed by atoms with van der Waals surface area (Å²) in [5.41, 5.74) is 0.938. The van der Waals surface area contributed by atoms with Crippen LogP contribution in [0.1, 0.15) is 0 Å². The predicted octanol–water partition coefficient (Wildman–Crippen LogP) is 4.12. The van der Waals surface area contributed by atoms with Crippen LogP contribution in [0, 0.1) is 0 Å². The highest BCUT2D eigenvalue weighted by Gasteiger charge is 2.27. The van der Waals surface area contributed by atoms with Gasteiger partial charge in [0.1, 0.15) is 12.3 Å². The second-order valence-electron chi connectivity index (χ2n) is 5.05. The molecule has 8 heteroatoms. The molecule has 0 unspecified atom stereocenters. The summed E-state index contributed by atoms with van der Waals surface area (Å²) in [4.78, 5) is 25.8. The summed E-state index contributed by atoms with van der Waals surface area (Å²) in [5.74, 6) is -0.141. The highest BCUT2D eigenvalue weighted by molar-refractivity contribution is 9.10. The third-order valence-corrected chi connectivity index (χ3v) is 4.43. The smallest absolute Gasteiger partial charge is 0.265 e. The van der Waals surface area contributed by atoms with Crippen LogP contribution in [0.3, 0.4) is 0 Å². The number of anilines is 2. The van der Waals surface area contributed by atoms with Crippen molar-refractivity contribution in [2.75, 3.05) is 23.4 Å². The average Bonchev–Trinajstić information content (AvgIpc) is 2.53. The average molecular weight is 430 g/mol. The Kier molecular flexibility index (Phi) is 4.99. The first-order valence-corrected chi connectivity index (χ1v) is 8.46. The SMILES string of the molecule is O=C(CN1C(=O)COc2cc(Br)ccc21)Nc1cc(Cl)ccc1Cl. The minimum absolute atomic E-state index is 0.116. The van der Waals surface area contributed by atoms with Gasteiger partial charge in [0.2, 0.25) is 5.91 Å². The first-order valence-electron chi connectivity index (χ1n) is 6.91. The van der Waals surface area contributed by atoms with E-state index in [2.05, 4.69) is 21.2 Å². The quantitative estimate of drug-likeness (QED) is 0.798. The van der Waals surface area contributed by atoms with E-state index in [0.717, 1.165) is 4.47 Å². The molecule has 24 heavy (non-hydrogen) atoms. The number of hydrogen-bond donors (Lipinski definition) is 1. The monoisotopic (exact) mass is 428 g/mol. The number of nitrogens with zero attached hydrogens (tertiary/aromatic N) is 1. The maximum absolute atomic E-state index is 12.3. The number of benzene rings is 2. The number of carbonyl (C=O) groups excluding carboxylic acids is 2. The van der Waals surface area contributed by atoms with Crippen LogP contribution in [0.5, 0.6) is 5.75 Å². The van der Waals surface area contributed by atoms with Crippen molar-refractivity contribution >= 4 is 62.3 Å². The van der Waals surface area contributed by atoms with E-state index < -0.39 is 0 Å². The van der Waals surface area contributed by atoms with Crippen molar-refractivity contribution < 1.29 is 14.3 Å². The van der Waals surface area contributed by atoms with E-state index in [9.17, 15) is 9.59 Å². The molecular formula is C16H11BrCl2N2O3. The van der Waals surface area contributed by atoms with Gasteiger partial charge in [-0.2, -0.15) is 0 Å². The zero-order valence-corrected chi connectivity index (χ0v) is 15.3. The Hall–Kier alpha value is -1.76. The fraction of sp³-hybridized carbons (Fsp3) is 0.125.